The van der Waals surface area contributed by atoms with Crippen LogP contribution < -0.4 is 0 Å². The van der Waals surface area contributed by atoms with Gasteiger partial charge < -0.3 is 0 Å². The summed E-state index contributed by atoms with van der Waals surface area (Å²) in [5.74, 6) is 0.266. The molecule has 0 radical (unpaired) electrons. The molecule has 0 N–H and O–H groups in total. The lowest BCUT2D eigenvalue weighted by atomic mass is 10.0. The van der Waals surface area contributed by atoms with Gasteiger partial charge in [0.15, 0.2) is 5.78 Å². The van der Waals surface area contributed by atoms with E-state index in [1.807, 2.05) is 19.1 Å². The van der Waals surface area contributed by atoms with Gasteiger partial charge in [0.05, 0.1) is 0 Å². The summed E-state index contributed by atoms with van der Waals surface area (Å²) >= 11 is 0. The van der Waals surface area contributed by atoms with Gasteiger partial charge in [0.25, 0.3) is 0 Å². The fourth-order valence-electron chi connectivity index (χ4n) is 1.81. The van der Waals surface area contributed by atoms with Crippen molar-refractivity contribution in [2.45, 2.75) is 52.4 Å². The Hall–Kier alpha value is -1.11. The molecule has 0 unspecified atom stereocenters. The highest BCUT2D eigenvalue weighted by atomic mass is 16.1. The van der Waals surface area contributed by atoms with Crippen LogP contribution in [0, 0.1) is 0 Å². The number of carbonyl (C=O) groups is 1. The average Bonchev–Trinajstić information content (AvgIpc) is 2.30. The Bertz CT molecular complexity index is 311. The third kappa shape index (κ3) is 4.18. The Balaban J connectivity index is 2.50. The van der Waals surface area contributed by atoms with Crippen LogP contribution in [0.25, 0.3) is 0 Å². The second kappa shape index (κ2) is 7.21. The summed E-state index contributed by atoms with van der Waals surface area (Å²) in [5, 5.41) is 0. The van der Waals surface area contributed by atoms with E-state index in [0.29, 0.717) is 6.42 Å². The minimum Gasteiger partial charge on any atom is -0.294 e. The van der Waals surface area contributed by atoms with E-state index < -0.39 is 0 Å². The standard InChI is InChI=1S/C15H22O/c1-3-5-6-8-13-9-11-14(12-10-13)15(16)7-4-2/h9-12H,3-8H2,1-2H3. The Morgan fingerprint density at radius 2 is 1.69 bits per heavy atom. The molecule has 1 aromatic rings. The molecule has 1 rings (SSSR count). The smallest absolute Gasteiger partial charge is 0.162 e. The normalized spacial score (nSPS) is 10.4. The van der Waals surface area contributed by atoms with Crippen molar-refractivity contribution >= 4 is 5.78 Å². The van der Waals surface area contributed by atoms with Crippen LogP contribution in [0.4, 0.5) is 0 Å². The highest BCUT2D eigenvalue weighted by Gasteiger charge is 2.03. The predicted molar refractivity (Wildman–Crippen MR) is 68.9 cm³/mol. The van der Waals surface area contributed by atoms with Gasteiger partial charge in [-0.15, -0.1) is 0 Å². The molecule has 1 heteroatoms. The van der Waals surface area contributed by atoms with Crippen LogP contribution in [0.5, 0.6) is 0 Å². The first-order valence-electron chi connectivity index (χ1n) is 6.40. The molecule has 0 amide bonds. The molecule has 0 aliphatic heterocycles. The maximum Gasteiger partial charge on any atom is 0.162 e. The molecule has 16 heavy (non-hydrogen) atoms. The van der Waals surface area contributed by atoms with Crippen molar-refractivity contribution < 1.29 is 4.79 Å². The van der Waals surface area contributed by atoms with E-state index in [1.54, 1.807) is 0 Å². The van der Waals surface area contributed by atoms with Gasteiger partial charge in [-0.3, -0.25) is 4.79 Å². The number of Topliss-reactive ketones (excluding diaryl/α,β-unsaturated/α-hetero) is 1. The van der Waals surface area contributed by atoms with Crippen molar-refractivity contribution in [3.05, 3.63) is 35.4 Å². The zero-order chi connectivity index (χ0) is 11.8. The van der Waals surface area contributed by atoms with Crippen LogP contribution >= 0.6 is 0 Å². The number of rotatable bonds is 7. The van der Waals surface area contributed by atoms with Crippen molar-refractivity contribution in [1.29, 1.82) is 0 Å². The van der Waals surface area contributed by atoms with Crippen molar-refractivity contribution in [3.63, 3.8) is 0 Å². The molecule has 0 aliphatic carbocycles. The molecule has 0 saturated carbocycles. The summed E-state index contributed by atoms with van der Waals surface area (Å²) < 4.78 is 0. The molecule has 1 aromatic carbocycles. The van der Waals surface area contributed by atoms with Crippen LogP contribution in [-0.4, -0.2) is 5.78 Å². The molecule has 0 spiro atoms. The van der Waals surface area contributed by atoms with Crippen LogP contribution in [0.2, 0.25) is 0 Å². The van der Waals surface area contributed by atoms with E-state index in [1.165, 1.54) is 24.8 Å². The zero-order valence-electron chi connectivity index (χ0n) is 10.5. The summed E-state index contributed by atoms with van der Waals surface area (Å²) in [6, 6.07) is 8.13. The molecule has 0 aromatic heterocycles. The fraction of sp³-hybridized carbons (Fsp3) is 0.533. The number of hydrogen-bond donors (Lipinski definition) is 0. The summed E-state index contributed by atoms with van der Waals surface area (Å²) in [4.78, 5) is 11.6. The first kappa shape index (κ1) is 13.0. The van der Waals surface area contributed by atoms with Crippen LogP contribution in [-0.2, 0) is 6.42 Å². The van der Waals surface area contributed by atoms with Crippen LogP contribution in [0.15, 0.2) is 24.3 Å². The minimum atomic E-state index is 0.266. The molecule has 0 aliphatic rings. The first-order valence-corrected chi connectivity index (χ1v) is 6.40. The third-order valence-electron chi connectivity index (χ3n) is 2.82. The maximum atomic E-state index is 11.6. The molecule has 1 nitrogen and oxygen atoms in total. The van der Waals surface area contributed by atoms with Gasteiger partial charge >= 0.3 is 0 Å². The van der Waals surface area contributed by atoms with E-state index in [0.717, 1.165) is 18.4 Å². The Labute approximate surface area is 98.9 Å². The van der Waals surface area contributed by atoms with Crippen molar-refractivity contribution in [3.8, 4) is 0 Å². The van der Waals surface area contributed by atoms with Crippen molar-refractivity contribution in [1.82, 2.24) is 0 Å². The molecule has 0 fully saturated rings. The summed E-state index contributed by atoms with van der Waals surface area (Å²) in [5.41, 5.74) is 2.21. The number of ketones is 1. The fourth-order valence-corrected chi connectivity index (χ4v) is 1.81. The number of carbonyl (C=O) groups excluding carboxylic acids is 1. The van der Waals surface area contributed by atoms with Gasteiger partial charge in [-0.05, 0) is 24.8 Å². The molecular weight excluding hydrogens is 196 g/mol. The van der Waals surface area contributed by atoms with E-state index in [-0.39, 0.29) is 5.78 Å². The van der Waals surface area contributed by atoms with E-state index in [4.69, 9.17) is 0 Å². The Morgan fingerprint density at radius 3 is 2.25 bits per heavy atom. The van der Waals surface area contributed by atoms with E-state index in [9.17, 15) is 4.79 Å². The SMILES string of the molecule is CCCCCc1ccc(C(=O)CCC)cc1. The summed E-state index contributed by atoms with van der Waals surface area (Å²) in [6.07, 6.45) is 6.52. The first-order chi connectivity index (χ1) is 7.77. The summed E-state index contributed by atoms with van der Waals surface area (Å²) in [6.45, 7) is 4.25. The van der Waals surface area contributed by atoms with Gasteiger partial charge in [0, 0.05) is 12.0 Å². The molecular formula is C15H22O. The molecule has 0 bridgehead atoms. The largest absolute Gasteiger partial charge is 0.294 e. The molecule has 88 valence electrons. The molecule has 0 atom stereocenters. The van der Waals surface area contributed by atoms with Gasteiger partial charge in [-0.2, -0.15) is 0 Å². The van der Waals surface area contributed by atoms with Gasteiger partial charge in [-0.25, -0.2) is 0 Å². The van der Waals surface area contributed by atoms with Gasteiger partial charge in [0.2, 0.25) is 0 Å². The van der Waals surface area contributed by atoms with E-state index >= 15 is 0 Å². The lowest BCUT2D eigenvalue weighted by Gasteiger charge is -2.03. The average molecular weight is 218 g/mol. The summed E-state index contributed by atoms with van der Waals surface area (Å²) in [7, 11) is 0. The monoisotopic (exact) mass is 218 g/mol. The second-order valence-corrected chi connectivity index (χ2v) is 4.33. The highest BCUT2D eigenvalue weighted by Crippen LogP contribution is 2.11. The Morgan fingerprint density at radius 1 is 1.00 bits per heavy atom. The second-order valence-electron chi connectivity index (χ2n) is 4.33. The maximum absolute atomic E-state index is 11.6. The minimum absolute atomic E-state index is 0.266. The predicted octanol–water partition coefficient (Wildman–Crippen LogP) is 4.40. The third-order valence-corrected chi connectivity index (χ3v) is 2.82. The number of benzene rings is 1. The van der Waals surface area contributed by atoms with Crippen LogP contribution in [0.1, 0.15) is 61.9 Å². The van der Waals surface area contributed by atoms with Gasteiger partial charge in [0.1, 0.15) is 0 Å². The Kier molecular flexibility index (Phi) is 5.84. The van der Waals surface area contributed by atoms with Crippen molar-refractivity contribution in [2.24, 2.45) is 0 Å². The number of hydrogen-bond acceptors (Lipinski definition) is 1. The molecule has 0 heterocycles. The van der Waals surface area contributed by atoms with E-state index in [2.05, 4.69) is 19.1 Å². The van der Waals surface area contributed by atoms with Crippen LogP contribution in [0.3, 0.4) is 0 Å². The van der Waals surface area contributed by atoms with Gasteiger partial charge in [-0.1, -0.05) is 51.0 Å². The number of unbranched alkanes of at least 4 members (excludes halogenated alkanes) is 2. The van der Waals surface area contributed by atoms with Crippen molar-refractivity contribution in [2.75, 3.05) is 0 Å². The quantitative estimate of drug-likeness (QED) is 0.489. The lowest BCUT2D eigenvalue weighted by molar-refractivity contribution is 0.0982. The molecule has 0 saturated heterocycles. The highest BCUT2D eigenvalue weighted by molar-refractivity contribution is 5.95. The number of aryl methyl sites for hydroxylation is 1. The topological polar surface area (TPSA) is 17.1 Å². The lowest BCUT2D eigenvalue weighted by Crippen LogP contribution is -1.98. The zero-order valence-corrected chi connectivity index (χ0v) is 10.5.